The highest BCUT2D eigenvalue weighted by Crippen LogP contribution is 2.19. The predicted molar refractivity (Wildman–Crippen MR) is 79.7 cm³/mol. The molecule has 0 aliphatic carbocycles. The minimum atomic E-state index is -0.290. The molecule has 108 valence electrons. The number of hydrogen-bond donors (Lipinski definition) is 2. The molecule has 0 aromatic heterocycles. The number of rotatable bonds is 8. The summed E-state index contributed by atoms with van der Waals surface area (Å²) in [5, 5.41) is 12.5. The number of aryl methyl sites for hydroxylation is 1. The fourth-order valence-electron chi connectivity index (χ4n) is 2.18. The Balaban J connectivity index is 2.54. The van der Waals surface area contributed by atoms with Crippen LogP contribution in [-0.4, -0.2) is 30.4 Å². The van der Waals surface area contributed by atoms with Crippen LogP contribution in [-0.2, 0) is 6.42 Å². The standard InChI is InChI=1S/C16H27NO2/c1-5-6-14-7-9-15(10-8-14)19-13(2)11-16(3,12-18)17-4/h7-10,13,17-18H,5-6,11-12H2,1-4H3. The lowest BCUT2D eigenvalue weighted by Gasteiger charge is -2.30. The molecule has 2 atom stereocenters. The summed E-state index contributed by atoms with van der Waals surface area (Å²) < 4.78 is 5.90. The van der Waals surface area contributed by atoms with Crippen molar-refractivity contribution in [3.8, 4) is 5.75 Å². The van der Waals surface area contributed by atoms with Crippen LogP contribution in [0.5, 0.6) is 5.75 Å². The summed E-state index contributed by atoms with van der Waals surface area (Å²) in [5.74, 6) is 0.892. The minimum absolute atomic E-state index is 0.0571. The van der Waals surface area contributed by atoms with E-state index in [2.05, 4.69) is 24.4 Å². The molecule has 2 unspecified atom stereocenters. The molecule has 0 spiro atoms. The quantitative estimate of drug-likeness (QED) is 0.759. The molecule has 3 nitrogen and oxygen atoms in total. The molecular weight excluding hydrogens is 238 g/mol. The Labute approximate surface area is 117 Å². The second-order valence-corrected chi connectivity index (χ2v) is 5.50. The SMILES string of the molecule is CCCc1ccc(OC(C)CC(C)(CO)NC)cc1. The molecule has 0 saturated heterocycles. The molecule has 1 aromatic rings. The van der Waals surface area contributed by atoms with Crippen molar-refractivity contribution in [2.75, 3.05) is 13.7 Å². The van der Waals surface area contributed by atoms with Crippen LogP contribution >= 0.6 is 0 Å². The van der Waals surface area contributed by atoms with E-state index < -0.39 is 0 Å². The molecule has 2 N–H and O–H groups in total. The second kappa shape index (κ2) is 7.51. The smallest absolute Gasteiger partial charge is 0.119 e. The number of benzene rings is 1. The number of likely N-dealkylation sites (N-methyl/N-ethyl adjacent to an activating group) is 1. The van der Waals surface area contributed by atoms with Gasteiger partial charge in [0.2, 0.25) is 0 Å². The molecule has 0 aliphatic heterocycles. The summed E-state index contributed by atoms with van der Waals surface area (Å²) >= 11 is 0. The van der Waals surface area contributed by atoms with Crippen molar-refractivity contribution >= 4 is 0 Å². The van der Waals surface area contributed by atoms with E-state index in [0.29, 0.717) is 0 Å². The normalized spacial score (nSPS) is 15.8. The molecule has 0 aliphatic rings. The third-order valence-corrected chi connectivity index (χ3v) is 3.49. The Kier molecular flexibility index (Phi) is 6.32. The Morgan fingerprint density at radius 2 is 1.95 bits per heavy atom. The van der Waals surface area contributed by atoms with Gasteiger partial charge in [-0.05, 0) is 45.0 Å². The van der Waals surface area contributed by atoms with Crippen LogP contribution in [0.1, 0.15) is 39.2 Å². The van der Waals surface area contributed by atoms with Gasteiger partial charge in [-0.15, -0.1) is 0 Å². The minimum Gasteiger partial charge on any atom is -0.491 e. The fourth-order valence-corrected chi connectivity index (χ4v) is 2.18. The van der Waals surface area contributed by atoms with Crippen molar-refractivity contribution in [3.05, 3.63) is 29.8 Å². The molecule has 1 aromatic carbocycles. The van der Waals surface area contributed by atoms with Gasteiger partial charge in [-0.1, -0.05) is 25.5 Å². The van der Waals surface area contributed by atoms with Crippen molar-refractivity contribution in [2.24, 2.45) is 0 Å². The van der Waals surface area contributed by atoms with Gasteiger partial charge in [0.05, 0.1) is 12.7 Å². The van der Waals surface area contributed by atoms with E-state index in [4.69, 9.17) is 4.74 Å². The van der Waals surface area contributed by atoms with Crippen LogP contribution in [0, 0.1) is 0 Å². The molecule has 0 bridgehead atoms. The zero-order valence-corrected chi connectivity index (χ0v) is 12.6. The average molecular weight is 265 g/mol. The predicted octanol–water partition coefficient (Wildman–Crippen LogP) is 2.77. The molecule has 1 rings (SSSR count). The molecule has 3 heteroatoms. The number of aliphatic hydroxyl groups excluding tert-OH is 1. The highest BCUT2D eigenvalue weighted by atomic mass is 16.5. The van der Waals surface area contributed by atoms with Gasteiger partial charge in [0, 0.05) is 12.0 Å². The largest absolute Gasteiger partial charge is 0.491 e. The van der Waals surface area contributed by atoms with Gasteiger partial charge >= 0.3 is 0 Å². The Bertz CT molecular complexity index is 358. The highest BCUT2D eigenvalue weighted by molar-refractivity contribution is 5.27. The first-order valence-corrected chi connectivity index (χ1v) is 7.08. The summed E-state index contributed by atoms with van der Waals surface area (Å²) in [6, 6.07) is 8.29. The topological polar surface area (TPSA) is 41.5 Å². The summed E-state index contributed by atoms with van der Waals surface area (Å²) in [7, 11) is 1.86. The Hall–Kier alpha value is -1.06. The second-order valence-electron chi connectivity index (χ2n) is 5.50. The molecule has 0 fully saturated rings. The highest BCUT2D eigenvalue weighted by Gasteiger charge is 2.24. The summed E-state index contributed by atoms with van der Waals surface area (Å²) in [5.41, 5.74) is 1.06. The first kappa shape index (κ1) is 16.0. The lowest BCUT2D eigenvalue weighted by molar-refractivity contribution is 0.115. The molecule has 0 saturated carbocycles. The Morgan fingerprint density at radius 1 is 1.32 bits per heavy atom. The van der Waals surface area contributed by atoms with E-state index in [9.17, 15) is 5.11 Å². The van der Waals surface area contributed by atoms with Gasteiger partial charge in [-0.25, -0.2) is 0 Å². The van der Waals surface area contributed by atoms with Crippen LogP contribution in [0.3, 0.4) is 0 Å². The molecule has 0 amide bonds. The van der Waals surface area contributed by atoms with E-state index in [1.165, 1.54) is 5.56 Å². The van der Waals surface area contributed by atoms with Crippen molar-refractivity contribution in [3.63, 3.8) is 0 Å². The summed E-state index contributed by atoms with van der Waals surface area (Å²) in [4.78, 5) is 0. The molecule has 0 radical (unpaired) electrons. The van der Waals surface area contributed by atoms with Gasteiger partial charge < -0.3 is 15.2 Å². The van der Waals surface area contributed by atoms with Crippen LogP contribution in [0.2, 0.25) is 0 Å². The lowest BCUT2D eigenvalue weighted by atomic mass is 9.96. The van der Waals surface area contributed by atoms with Gasteiger partial charge in [-0.3, -0.25) is 0 Å². The van der Waals surface area contributed by atoms with E-state index >= 15 is 0 Å². The van der Waals surface area contributed by atoms with Crippen LogP contribution in [0.25, 0.3) is 0 Å². The maximum atomic E-state index is 9.38. The summed E-state index contributed by atoms with van der Waals surface area (Å²) in [6.07, 6.45) is 3.09. The molecule has 0 heterocycles. The van der Waals surface area contributed by atoms with Crippen LogP contribution in [0.15, 0.2) is 24.3 Å². The lowest BCUT2D eigenvalue weighted by Crippen LogP contribution is -2.46. The van der Waals surface area contributed by atoms with Crippen molar-refractivity contribution in [1.82, 2.24) is 5.32 Å². The van der Waals surface area contributed by atoms with E-state index in [1.807, 2.05) is 33.0 Å². The number of nitrogens with one attached hydrogen (secondary N) is 1. The molecule has 19 heavy (non-hydrogen) atoms. The van der Waals surface area contributed by atoms with E-state index in [0.717, 1.165) is 25.0 Å². The third kappa shape index (κ3) is 5.21. The van der Waals surface area contributed by atoms with Crippen molar-refractivity contribution < 1.29 is 9.84 Å². The van der Waals surface area contributed by atoms with Gasteiger partial charge in [-0.2, -0.15) is 0 Å². The van der Waals surface area contributed by atoms with Gasteiger partial charge in [0.15, 0.2) is 0 Å². The van der Waals surface area contributed by atoms with Crippen molar-refractivity contribution in [1.29, 1.82) is 0 Å². The average Bonchev–Trinajstić information content (AvgIpc) is 2.41. The van der Waals surface area contributed by atoms with Gasteiger partial charge in [0.25, 0.3) is 0 Å². The Morgan fingerprint density at radius 3 is 2.42 bits per heavy atom. The number of ether oxygens (including phenoxy) is 1. The number of aliphatic hydroxyl groups is 1. The first-order chi connectivity index (χ1) is 9.03. The fraction of sp³-hybridized carbons (Fsp3) is 0.625. The van der Waals surface area contributed by atoms with E-state index in [-0.39, 0.29) is 18.2 Å². The third-order valence-electron chi connectivity index (χ3n) is 3.49. The zero-order chi connectivity index (χ0) is 14.3. The first-order valence-electron chi connectivity index (χ1n) is 7.08. The van der Waals surface area contributed by atoms with Gasteiger partial charge in [0.1, 0.15) is 5.75 Å². The number of hydrogen-bond acceptors (Lipinski definition) is 3. The van der Waals surface area contributed by atoms with Crippen molar-refractivity contribution in [2.45, 2.75) is 51.7 Å². The zero-order valence-electron chi connectivity index (χ0n) is 12.6. The maximum absolute atomic E-state index is 9.38. The van der Waals surface area contributed by atoms with Crippen LogP contribution in [0.4, 0.5) is 0 Å². The summed E-state index contributed by atoms with van der Waals surface area (Å²) in [6.45, 7) is 6.31. The monoisotopic (exact) mass is 265 g/mol. The van der Waals surface area contributed by atoms with E-state index in [1.54, 1.807) is 0 Å². The van der Waals surface area contributed by atoms with Crippen LogP contribution < -0.4 is 10.1 Å². The molecular formula is C16H27NO2. The maximum Gasteiger partial charge on any atom is 0.119 e.